The van der Waals surface area contributed by atoms with Crippen LogP contribution < -0.4 is 0 Å². The highest BCUT2D eigenvalue weighted by atomic mass is 15.3. The van der Waals surface area contributed by atoms with E-state index in [0.717, 1.165) is 6.04 Å². The Bertz CT molecular complexity index is 392. The third kappa shape index (κ3) is 7.98. The smallest absolute Gasteiger partial charge is 0.0232 e. The van der Waals surface area contributed by atoms with E-state index in [1.807, 2.05) is 0 Å². The summed E-state index contributed by atoms with van der Waals surface area (Å²) in [5.41, 5.74) is 0. The standard InChI is InChI=1S/C22H47N5/c1-20(2)27-14-10-22(19-27)24(6)13-9-21(3)26-17-15-25(16-18-26)12-8-7-11-23(4)5/h20-22H,7-19H2,1-6H3/t21?,22-/m1/s1. The van der Waals surface area contributed by atoms with Gasteiger partial charge in [-0.15, -0.1) is 0 Å². The van der Waals surface area contributed by atoms with Crippen LogP contribution in [0.15, 0.2) is 0 Å². The monoisotopic (exact) mass is 381 g/mol. The second-order valence-corrected chi connectivity index (χ2v) is 9.54. The summed E-state index contributed by atoms with van der Waals surface area (Å²) in [7, 11) is 6.68. The largest absolute Gasteiger partial charge is 0.309 e. The third-order valence-corrected chi connectivity index (χ3v) is 6.81. The molecule has 5 nitrogen and oxygen atoms in total. The van der Waals surface area contributed by atoms with Crippen LogP contribution in [0, 0.1) is 0 Å². The molecule has 0 amide bonds. The van der Waals surface area contributed by atoms with Crippen LogP contribution in [0.1, 0.15) is 46.5 Å². The molecule has 0 saturated carbocycles. The first-order chi connectivity index (χ1) is 12.9. The molecular weight excluding hydrogens is 334 g/mol. The lowest BCUT2D eigenvalue weighted by Gasteiger charge is -2.39. The van der Waals surface area contributed by atoms with E-state index >= 15 is 0 Å². The van der Waals surface area contributed by atoms with Gasteiger partial charge in [0.2, 0.25) is 0 Å². The molecule has 1 unspecified atom stereocenters. The molecule has 2 aliphatic heterocycles. The Morgan fingerprint density at radius 2 is 1.56 bits per heavy atom. The molecule has 27 heavy (non-hydrogen) atoms. The van der Waals surface area contributed by atoms with Gasteiger partial charge in [-0.1, -0.05) is 0 Å². The molecule has 0 aromatic heterocycles. The number of hydrogen-bond acceptors (Lipinski definition) is 5. The molecule has 2 atom stereocenters. The lowest BCUT2D eigenvalue weighted by molar-refractivity contribution is 0.0902. The van der Waals surface area contributed by atoms with Crippen molar-refractivity contribution in [3.05, 3.63) is 0 Å². The highest BCUT2D eigenvalue weighted by Crippen LogP contribution is 2.18. The predicted molar refractivity (Wildman–Crippen MR) is 118 cm³/mol. The lowest BCUT2D eigenvalue weighted by atomic mass is 10.1. The van der Waals surface area contributed by atoms with E-state index in [2.05, 4.69) is 66.4 Å². The molecule has 0 spiro atoms. The maximum atomic E-state index is 2.72. The maximum Gasteiger partial charge on any atom is 0.0232 e. The number of likely N-dealkylation sites (tertiary alicyclic amines) is 1. The van der Waals surface area contributed by atoms with Gasteiger partial charge in [0.15, 0.2) is 0 Å². The molecule has 0 aromatic rings. The first kappa shape index (κ1) is 23.1. The van der Waals surface area contributed by atoms with Gasteiger partial charge in [-0.25, -0.2) is 0 Å². The summed E-state index contributed by atoms with van der Waals surface area (Å²) in [4.78, 5) is 12.9. The Morgan fingerprint density at radius 3 is 2.15 bits per heavy atom. The minimum absolute atomic E-state index is 0.696. The Balaban J connectivity index is 1.58. The molecule has 2 saturated heterocycles. The molecule has 0 N–H and O–H groups in total. The number of piperazine rings is 1. The van der Waals surface area contributed by atoms with Gasteiger partial charge in [0.1, 0.15) is 0 Å². The summed E-state index contributed by atoms with van der Waals surface area (Å²) in [5, 5.41) is 0. The van der Waals surface area contributed by atoms with Gasteiger partial charge in [0.05, 0.1) is 0 Å². The Hall–Kier alpha value is -0.200. The van der Waals surface area contributed by atoms with Gasteiger partial charge >= 0.3 is 0 Å². The predicted octanol–water partition coefficient (Wildman–Crippen LogP) is 2.14. The molecule has 0 aromatic carbocycles. The molecule has 0 radical (unpaired) electrons. The molecule has 0 aliphatic carbocycles. The van der Waals surface area contributed by atoms with Gasteiger partial charge in [0.25, 0.3) is 0 Å². The number of likely N-dealkylation sites (N-methyl/N-ethyl adjacent to an activating group) is 1. The molecule has 2 fully saturated rings. The minimum atomic E-state index is 0.696. The number of rotatable bonds is 11. The van der Waals surface area contributed by atoms with Crippen LogP contribution in [-0.4, -0.2) is 123 Å². The fourth-order valence-electron chi connectivity index (χ4n) is 4.54. The molecule has 5 heteroatoms. The molecule has 2 aliphatic rings. The van der Waals surface area contributed by atoms with Crippen molar-refractivity contribution in [1.29, 1.82) is 0 Å². The average molecular weight is 382 g/mol. The lowest BCUT2D eigenvalue weighted by Crippen LogP contribution is -2.50. The number of unbranched alkanes of at least 4 members (excludes halogenated alkanes) is 1. The summed E-state index contributed by atoms with van der Waals surface area (Å²) in [6.07, 6.45) is 5.31. The van der Waals surface area contributed by atoms with Gasteiger partial charge in [0, 0.05) is 57.4 Å². The quantitative estimate of drug-likeness (QED) is 0.508. The number of nitrogens with zero attached hydrogens (tertiary/aromatic N) is 5. The third-order valence-electron chi connectivity index (χ3n) is 6.81. The van der Waals surface area contributed by atoms with E-state index in [1.165, 1.54) is 84.6 Å². The fraction of sp³-hybridized carbons (Fsp3) is 1.00. The van der Waals surface area contributed by atoms with Gasteiger partial charge in [-0.2, -0.15) is 0 Å². The van der Waals surface area contributed by atoms with Crippen molar-refractivity contribution in [3.63, 3.8) is 0 Å². The maximum absolute atomic E-state index is 2.72. The molecule has 0 bridgehead atoms. The first-order valence-electron chi connectivity index (χ1n) is 11.4. The van der Waals surface area contributed by atoms with E-state index in [-0.39, 0.29) is 0 Å². The van der Waals surface area contributed by atoms with Crippen molar-refractivity contribution in [2.24, 2.45) is 0 Å². The van der Waals surface area contributed by atoms with Crippen molar-refractivity contribution in [2.75, 3.05) is 80.0 Å². The number of hydrogen-bond donors (Lipinski definition) is 0. The van der Waals surface area contributed by atoms with E-state index in [0.29, 0.717) is 12.1 Å². The first-order valence-corrected chi connectivity index (χ1v) is 11.4. The Morgan fingerprint density at radius 1 is 0.852 bits per heavy atom. The Kier molecular flexibility index (Phi) is 10.0. The molecular formula is C22H47N5. The summed E-state index contributed by atoms with van der Waals surface area (Å²) >= 11 is 0. The highest BCUT2D eigenvalue weighted by Gasteiger charge is 2.27. The van der Waals surface area contributed by atoms with E-state index < -0.39 is 0 Å². The SMILES string of the molecule is CC(C)N1CC[C@@H](N(C)CCC(C)N2CCN(CCCCN(C)C)CC2)C1. The Labute approximate surface area is 169 Å². The van der Waals surface area contributed by atoms with Gasteiger partial charge < -0.3 is 14.7 Å². The van der Waals surface area contributed by atoms with Gasteiger partial charge in [-0.05, 0) is 87.2 Å². The zero-order valence-electron chi connectivity index (χ0n) is 19.2. The van der Waals surface area contributed by atoms with Crippen LogP contribution in [-0.2, 0) is 0 Å². The van der Waals surface area contributed by atoms with E-state index in [4.69, 9.17) is 0 Å². The van der Waals surface area contributed by atoms with Crippen LogP contribution in [0.25, 0.3) is 0 Å². The van der Waals surface area contributed by atoms with Crippen molar-refractivity contribution in [2.45, 2.75) is 64.6 Å². The molecule has 2 heterocycles. The second kappa shape index (κ2) is 11.7. The van der Waals surface area contributed by atoms with Crippen LogP contribution in [0.4, 0.5) is 0 Å². The summed E-state index contributed by atoms with van der Waals surface area (Å²) in [5.74, 6) is 0. The minimum Gasteiger partial charge on any atom is -0.309 e. The van der Waals surface area contributed by atoms with Crippen LogP contribution in [0.2, 0.25) is 0 Å². The zero-order chi connectivity index (χ0) is 19.8. The van der Waals surface area contributed by atoms with Crippen LogP contribution in [0.5, 0.6) is 0 Å². The van der Waals surface area contributed by atoms with Crippen LogP contribution in [0.3, 0.4) is 0 Å². The molecule has 160 valence electrons. The van der Waals surface area contributed by atoms with Crippen molar-refractivity contribution >= 4 is 0 Å². The fourth-order valence-corrected chi connectivity index (χ4v) is 4.54. The molecule has 2 rings (SSSR count). The zero-order valence-corrected chi connectivity index (χ0v) is 19.2. The van der Waals surface area contributed by atoms with E-state index in [9.17, 15) is 0 Å². The summed E-state index contributed by atoms with van der Waals surface area (Å²) in [6, 6.07) is 2.17. The van der Waals surface area contributed by atoms with E-state index in [1.54, 1.807) is 0 Å². The highest BCUT2D eigenvalue weighted by molar-refractivity contribution is 4.84. The normalized spacial score (nSPS) is 24.6. The van der Waals surface area contributed by atoms with Crippen molar-refractivity contribution < 1.29 is 0 Å². The van der Waals surface area contributed by atoms with Crippen LogP contribution >= 0.6 is 0 Å². The average Bonchev–Trinajstić information content (AvgIpc) is 3.14. The van der Waals surface area contributed by atoms with Crippen molar-refractivity contribution in [3.8, 4) is 0 Å². The summed E-state index contributed by atoms with van der Waals surface area (Å²) < 4.78 is 0. The second-order valence-electron chi connectivity index (χ2n) is 9.54. The topological polar surface area (TPSA) is 16.2 Å². The van der Waals surface area contributed by atoms with Gasteiger partial charge in [-0.3, -0.25) is 9.80 Å². The van der Waals surface area contributed by atoms with Crippen molar-refractivity contribution in [1.82, 2.24) is 24.5 Å². The summed E-state index contributed by atoms with van der Waals surface area (Å²) in [6.45, 7) is 18.4.